The van der Waals surface area contributed by atoms with Crippen molar-refractivity contribution in [1.82, 2.24) is 0 Å². The van der Waals surface area contributed by atoms with Gasteiger partial charge in [-0.05, 0) is 51.4 Å². The lowest BCUT2D eigenvalue weighted by molar-refractivity contribution is -0.143. The first-order chi connectivity index (χ1) is 17.8. The van der Waals surface area contributed by atoms with Crippen molar-refractivity contribution in [2.24, 2.45) is 0 Å². The predicted octanol–water partition coefficient (Wildman–Crippen LogP) is 10.2. The molecule has 0 aliphatic heterocycles. The van der Waals surface area contributed by atoms with Gasteiger partial charge in [0.25, 0.3) is 0 Å². The van der Waals surface area contributed by atoms with Crippen LogP contribution in [0.4, 0.5) is 0 Å². The Balaban J connectivity index is 3.24. The normalized spacial score (nSPS) is 11.9. The van der Waals surface area contributed by atoms with E-state index < -0.39 is 0 Å². The van der Waals surface area contributed by atoms with Gasteiger partial charge in [0, 0.05) is 13.0 Å². The molecule has 0 bridgehead atoms. The van der Waals surface area contributed by atoms with Crippen LogP contribution in [0.5, 0.6) is 0 Å². The minimum atomic E-state index is -0.00691. The molecule has 36 heavy (non-hydrogen) atoms. The van der Waals surface area contributed by atoms with E-state index in [2.05, 4.69) is 43.4 Å². The van der Waals surface area contributed by atoms with E-state index in [0.717, 1.165) is 44.9 Å². The summed E-state index contributed by atoms with van der Waals surface area (Å²) in [6.45, 7) is 3.11. The molecular formula is C33H60O3. The molecule has 0 amide bonds. The van der Waals surface area contributed by atoms with Crippen LogP contribution < -0.4 is 0 Å². The zero-order chi connectivity index (χ0) is 26.2. The van der Waals surface area contributed by atoms with E-state index in [-0.39, 0.29) is 5.97 Å². The van der Waals surface area contributed by atoms with Gasteiger partial charge in [0.2, 0.25) is 0 Å². The van der Waals surface area contributed by atoms with Crippen molar-refractivity contribution in [3.63, 3.8) is 0 Å². The molecule has 0 fully saturated rings. The fourth-order valence-electron chi connectivity index (χ4n) is 4.30. The predicted molar refractivity (Wildman–Crippen MR) is 157 cm³/mol. The SMILES string of the molecule is CC/C=C\C/C=C\C/C=C\CCCCCCCC(=O)OCCCCCCCCCCCCCCCO. The molecule has 0 aromatic carbocycles. The number of hydrogen-bond acceptors (Lipinski definition) is 3. The summed E-state index contributed by atoms with van der Waals surface area (Å²) in [7, 11) is 0. The van der Waals surface area contributed by atoms with Gasteiger partial charge < -0.3 is 9.84 Å². The molecule has 3 nitrogen and oxygen atoms in total. The van der Waals surface area contributed by atoms with Crippen LogP contribution in [-0.2, 0) is 9.53 Å². The fraction of sp³-hybridized carbons (Fsp3) is 0.788. The van der Waals surface area contributed by atoms with Crippen LogP contribution in [0.2, 0.25) is 0 Å². The van der Waals surface area contributed by atoms with Crippen molar-refractivity contribution in [3.05, 3.63) is 36.5 Å². The summed E-state index contributed by atoms with van der Waals surface area (Å²) in [6, 6.07) is 0. The molecule has 0 aliphatic carbocycles. The number of aliphatic hydroxyl groups is 1. The van der Waals surface area contributed by atoms with Crippen molar-refractivity contribution in [3.8, 4) is 0 Å². The number of hydrogen-bond donors (Lipinski definition) is 1. The number of aliphatic hydroxyl groups excluding tert-OH is 1. The molecule has 0 spiro atoms. The number of ether oxygens (including phenoxy) is 1. The first-order valence-corrected chi connectivity index (χ1v) is 15.5. The fourth-order valence-corrected chi connectivity index (χ4v) is 4.30. The Kier molecular flexibility index (Phi) is 30.5. The molecule has 210 valence electrons. The Morgan fingerprint density at radius 2 is 1.00 bits per heavy atom. The van der Waals surface area contributed by atoms with Crippen LogP contribution >= 0.6 is 0 Å². The molecule has 0 unspecified atom stereocenters. The highest BCUT2D eigenvalue weighted by Gasteiger charge is 2.02. The number of esters is 1. The molecule has 0 heterocycles. The van der Waals surface area contributed by atoms with Gasteiger partial charge in [0.15, 0.2) is 0 Å². The molecule has 0 rings (SSSR count). The summed E-state index contributed by atoms with van der Waals surface area (Å²) in [4.78, 5) is 11.9. The summed E-state index contributed by atoms with van der Waals surface area (Å²) in [6.07, 6.45) is 40.5. The summed E-state index contributed by atoms with van der Waals surface area (Å²) < 4.78 is 5.40. The number of rotatable bonds is 28. The van der Waals surface area contributed by atoms with Crippen LogP contribution in [0.25, 0.3) is 0 Å². The first kappa shape index (κ1) is 34.6. The maximum absolute atomic E-state index is 11.9. The van der Waals surface area contributed by atoms with E-state index >= 15 is 0 Å². The maximum Gasteiger partial charge on any atom is 0.305 e. The minimum Gasteiger partial charge on any atom is -0.466 e. The first-order valence-electron chi connectivity index (χ1n) is 15.5. The van der Waals surface area contributed by atoms with Gasteiger partial charge >= 0.3 is 5.97 Å². The van der Waals surface area contributed by atoms with E-state index in [9.17, 15) is 4.79 Å². The third-order valence-electron chi connectivity index (χ3n) is 6.60. The van der Waals surface area contributed by atoms with E-state index in [0.29, 0.717) is 19.6 Å². The van der Waals surface area contributed by atoms with Gasteiger partial charge in [-0.1, -0.05) is 133 Å². The Bertz CT molecular complexity index is 521. The van der Waals surface area contributed by atoms with E-state index in [4.69, 9.17) is 9.84 Å². The Hall–Kier alpha value is -1.35. The summed E-state index contributed by atoms with van der Waals surface area (Å²) in [5, 5.41) is 8.76. The van der Waals surface area contributed by atoms with Crippen LogP contribution in [0.3, 0.4) is 0 Å². The lowest BCUT2D eigenvalue weighted by Gasteiger charge is -2.05. The minimum absolute atomic E-state index is 0.00691. The second-order valence-corrected chi connectivity index (χ2v) is 10.1. The van der Waals surface area contributed by atoms with Gasteiger partial charge in [-0.3, -0.25) is 4.79 Å². The average molecular weight is 505 g/mol. The largest absolute Gasteiger partial charge is 0.466 e. The van der Waals surface area contributed by atoms with Crippen LogP contribution in [0.1, 0.15) is 155 Å². The number of unbranched alkanes of at least 4 members (excludes halogenated alkanes) is 17. The van der Waals surface area contributed by atoms with Gasteiger partial charge in [-0.25, -0.2) is 0 Å². The van der Waals surface area contributed by atoms with Gasteiger partial charge in [-0.15, -0.1) is 0 Å². The monoisotopic (exact) mass is 504 g/mol. The molecular weight excluding hydrogens is 444 g/mol. The smallest absolute Gasteiger partial charge is 0.305 e. The molecule has 1 N–H and O–H groups in total. The molecule has 3 heteroatoms. The highest BCUT2D eigenvalue weighted by Crippen LogP contribution is 2.13. The highest BCUT2D eigenvalue weighted by molar-refractivity contribution is 5.69. The number of allylic oxidation sites excluding steroid dienone is 6. The molecule has 0 aromatic rings. The Morgan fingerprint density at radius 1 is 0.556 bits per heavy atom. The van der Waals surface area contributed by atoms with Crippen molar-refractivity contribution >= 4 is 5.97 Å². The average Bonchev–Trinajstić information content (AvgIpc) is 2.88. The topological polar surface area (TPSA) is 46.5 Å². The zero-order valence-electron chi connectivity index (χ0n) is 23.9. The Morgan fingerprint density at radius 3 is 1.56 bits per heavy atom. The third-order valence-corrected chi connectivity index (χ3v) is 6.60. The molecule has 0 saturated carbocycles. The van der Waals surface area contributed by atoms with Gasteiger partial charge in [-0.2, -0.15) is 0 Å². The molecule has 0 atom stereocenters. The summed E-state index contributed by atoms with van der Waals surface area (Å²) in [5.41, 5.74) is 0. The Labute approximate surface area is 224 Å². The molecule has 0 aliphatic rings. The van der Waals surface area contributed by atoms with Crippen molar-refractivity contribution in [2.75, 3.05) is 13.2 Å². The second kappa shape index (κ2) is 31.7. The van der Waals surface area contributed by atoms with Crippen LogP contribution in [0.15, 0.2) is 36.5 Å². The van der Waals surface area contributed by atoms with Gasteiger partial charge in [0.1, 0.15) is 0 Å². The van der Waals surface area contributed by atoms with E-state index in [1.54, 1.807) is 0 Å². The van der Waals surface area contributed by atoms with Crippen LogP contribution in [-0.4, -0.2) is 24.3 Å². The van der Waals surface area contributed by atoms with Crippen LogP contribution in [0, 0.1) is 0 Å². The summed E-state index contributed by atoms with van der Waals surface area (Å²) in [5.74, 6) is -0.00691. The zero-order valence-corrected chi connectivity index (χ0v) is 23.9. The third kappa shape index (κ3) is 30.7. The molecule has 0 radical (unpaired) electrons. The van der Waals surface area contributed by atoms with Crippen molar-refractivity contribution in [2.45, 2.75) is 155 Å². The number of carbonyl (C=O) groups excluding carboxylic acids is 1. The van der Waals surface area contributed by atoms with Crippen molar-refractivity contribution < 1.29 is 14.6 Å². The number of carbonyl (C=O) groups is 1. The highest BCUT2D eigenvalue weighted by atomic mass is 16.5. The lowest BCUT2D eigenvalue weighted by atomic mass is 10.0. The van der Waals surface area contributed by atoms with Crippen molar-refractivity contribution in [1.29, 1.82) is 0 Å². The summed E-state index contributed by atoms with van der Waals surface area (Å²) >= 11 is 0. The van der Waals surface area contributed by atoms with Gasteiger partial charge in [0.05, 0.1) is 6.61 Å². The quantitative estimate of drug-likeness (QED) is 0.0655. The van der Waals surface area contributed by atoms with E-state index in [1.807, 2.05) is 0 Å². The van der Waals surface area contributed by atoms with E-state index in [1.165, 1.54) is 96.3 Å². The maximum atomic E-state index is 11.9. The molecule has 0 aromatic heterocycles. The lowest BCUT2D eigenvalue weighted by Crippen LogP contribution is -2.05. The second-order valence-electron chi connectivity index (χ2n) is 10.1. The standard InChI is InChI=1S/C33H60O3/c1-2-3-4-5-6-7-8-9-10-12-15-18-21-24-27-30-33(35)36-32-29-26-23-20-17-14-11-13-16-19-22-25-28-31-34/h3-4,6-7,9-10,34H,2,5,8,11-32H2,1H3/b4-3-,7-6-,10-9-. The molecule has 0 saturated heterocycles.